The number of nitrogens with one attached hydrogen (secondary N) is 1. The minimum Gasteiger partial charge on any atom is -0.475 e. The number of carbonyl (C=O) groups is 3. The fourth-order valence-corrected chi connectivity index (χ4v) is 2.88. The Kier molecular flexibility index (Phi) is 9.80. The van der Waals surface area contributed by atoms with Crippen LogP contribution in [0, 0.1) is 0 Å². The van der Waals surface area contributed by atoms with E-state index in [-0.39, 0.29) is 18.4 Å². The zero-order valence-corrected chi connectivity index (χ0v) is 18.9. The van der Waals surface area contributed by atoms with Gasteiger partial charge in [0, 0.05) is 28.5 Å². The highest BCUT2D eigenvalue weighted by molar-refractivity contribution is 6.30. The smallest absolute Gasteiger partial charge is 0.475 e. The molecule has 35 heavy (non-hydrogen) atoms. The highest BCUT2D eigenvalue weighted by Crippen LogP contribution is 2.19. The molecule has 3 rings (SSSR count). The molecule has 0 radical (unpaired) electrons. The predicted molar refractivity (Wildman–Crippen MR) is 126 cm³/mol. The van der Waals surface area contributed by atoms with Crippen LogP contribution in [0.2, 0.25) is 5.02 Å². The minimum absolute atomic E-state index is 0.127. The van der Waals surface area contributed by atoms with Gasteiger partial charge in [-0.1, -0.05) is 41.9 Å². The number of carbonyl (C=O) groups excluding carboxylic acids is 2. The molecule has 7 nitrogen and oxygen atoms in total. The van der Waals surface area contributed by atoms with Crippen molar-refractivity contribution in [3.8, 4) is 0 Å². The summed E-state index contributed by atoms with van der Waals surface area (Å²) in [4.78, 5) is 36.1. The van der Waals surface area contributed by atoms with E-state index in [9.17, 15) is 22.8 Å². The summed E-state index contributed by atoms with van der Waals surface area (Å²) in [6.45, 7) is 0.210. The first-order valence-electron chi connectivity index (χ1n) is 10.0. The Morgan fingerprint density at radius 2 is 1.54 bits per heavy atom. The van der Waals surface area contributed by atoms with E-state index in [1.807, 2.05) is 24.3 Å². The standard InChI is InChI=1S/C22H20ClN3O2.C2HF3O2/c23-18-9-11-19(12-10-18)25-21(27)15-26(20-7-2-1-3-8-20)22(28)17-6-4-5-16(13-17)14-24;3-2(4,5)1(6)7/h1-13H,14-15,24H2,(H,25,27);(H,6,7). The molecule has 0 unspecified atom stereocenters. The number of carboxylic acid groups (broad SMARTS) is 1. The molecule has 0 saturated heterocycles. The van der Waals surface area contributed by atoms with Crippen molar-refractivity contribution >= 4 is 40.8 Å². The van der Waals surface area contributed by atoms with Gasteiger partial charge in [0.1, 0.15) is 6.54 Å². The normalized spacial score (nSPS) is 10.5. The van der Waals surface area contributed by atoms with Crippen molar-refractivity contribution in [3.63, 3.8) is 0 Å². The second-order valence-electron chi connectivity index (χ2n) is 6.99. The maximum Gasteiger partial charge on any atom is 0.490 e. The topological polar surface area (TPSA) is 113 Å². The number of nitrogens with two attached hydrogens (primary N) is 1. The zero-order valence-electron chi connectivity index (χ0n) is 18.1. The Morgan fingerprint density at radius 3 is 2.09 bits per heavy atom. The first-order chi connectivity index (χ1) is 16.5. The molecule has 0 atom stereocenters. The summed E-state index contributed by atoms with van der Waals surface area (Å²) in [5, 5.41) is 10.5. The third-order valence-corrected chi connectivity index (χ3v) is 4.65. The minimum atomic E-state index is -5.08. The van der Waals surface area contributed by atoms with Gasteiger partial charge in [-0.2, -0.15) is 13.2 Å². The van der Waals surface area contributed by atoms with Crippen LogP contribution in [0.15, 0.2) is 78.9 Å². The number of benzene rings is 3. The molecule has 0 aliphatic rings. The average Bonchev–Trinajstić information content (AvgIpc) is 2.84. The van der Waals surface area contributed by atoms with E-state index in [1.165, 1.54) is 4.90 Å². The van der Waals surface area contributed by atoms with Crippen molar-refractivity contribution in [2.45, 2.75) is 12.7 Å². The number of halogens is 4. The Hall–Kier alpha value is -3.89. The largest absolute Gasteiger partial charge is 0.490 e. The Balaban J connectivity index is 0.000000540. The quantitative estimate of drug-likeness (QED) is 0.447. The number of amides is 2. The van der Waals surface area contributed by atoms with Crippen LogP contribution >= 0.6 is 11.6 Å². The molecular formula is C24H21ClF3N3O4. The van der Waals surface area contributed by atoms with Crippen molar-refractivity contribution in [3.05, 3.63) is 95.0 Å². The summed E-state index contributed by atoms with van der Waals surface area (Å²) in [7, 11) is 0. The van der Waals surface area contributed by atoms with Gasteiger partial charge < -0.3 is 16.2 Å². The van der Waals surface area contributed by atoms with Crippen molar-refractivity contribution in [1.82, 2.24) is 0 Å². The molecule has 11 heteroatoms. The fourth-order valence-electron chi connectivity index (χ4n) is 2.75. The number of alkyl halides is 3. The van der Waals surface area contributed by atoms with Crippen molar-refractivity contribution in [2.75, 3.05) is 16.8 Å². The van der Waals surface area contributed by atoms with E-state index in [0.717, 1.165) is 5.56 Å². The van der Waals surface area contributed by atoms with Crippen LogP contribution in [-0.2, 0) is 16.1 Å². The summed E-state index contributed by atoms with van der Waals surface area (Å²) in [6.07, 6.45) is -5.08. The highest BCUT2D eigenvalue weighted by atomic mass is 35.5. The summed E-state index contributed by atoms with van der Waals surface area (Å²) in [5.41, 5.74) is 8.26. The maximum absolute atomic E-state index is 13.1. The number of hydrogen-bond donors (Lipinski definition) is 3. The molecule has 4 N–H and O–H groups in total. The van der Waals surface area contributed by atoms with Crippen molar-refractivity contribution in [1.29, 1.82) is 0 Å². The first kappa shape index (κ1) is 27.4. The molecule has 0 spiro atoms. The lowest BCUT2D eigenvalue weighted by Gasteiger charge is -2.23. The van der Waals surface area contributed by atoms with Crippen LogP contribution in [0.25, 0.3) is 0 Å². The van der Waals surface area contributed by atoms with E-state index >= 15 is 0 Å². The number of hydrogen-bond acceptors (Lipinski definition) is 4. The van der Waals surface area contributed by atoms with Crippen LogP contribution in [0.3, 0.4) is 0 Å². The number of aliphatic carboxylic acids is 1. The molecule has 0 fully saturated rings. The van der Waals surface area contributed by atoms with Crippen LogP contribution in [-0.4, -0.2) is 35.6 Å². The summed E-state index contributed by atoms with van der Waals surface area (Å²) in [5.74, 6) is -3.34. The average molecular weight is 508 g/mol. The maximum atomic E-state index is 13.1. The van der Waals surface area contributed by atoms with Gasteiger partial charge in [-0.3, -0.25) is 14.5 Å². The predicted octanol–water partition coefficient (Wildman–Crippen LogP) is 4.72. The molecule has 2 amide bonds. The lowest BCUT2D eigenvalue weighted by Crippen LogP contribution is -2.38. The number of nitrogens with zero attached hydrogens (tertiary/aromatic N) is 1. The van der Waals surface area contributed by atoms with Crippen molar-refractivity contribution in [2.24, 2.45) is 5.73 Å². The van der Waals surface area contributed by atoms with Crippen LogP contribution in [0.1, 0.15) is 15.9 Å². The van der Waals surface area contributed by atoms with E-state index in [4.69, 9.17) is 27.2 Å². The molecule has 0 saturated carbocycles. The molecule has 184 valence electrons. The second-order valence-corrected chi connectivity index (χ2v) is 7.43. The molecule has 0 bridgehead atoms. The van der Waals surface area contributed by atoms with Crippen LogP contribution in [0.4, 0.5) is 24.5 Å². The Labute approximate surface area is 203 Å². The van der Waals surface area contributed by atoms with Gasteiger partial charge in [0.2, 0.25) is 5.91 Å². The zero-order chi connectivity index (χ0) is 26.0. The van der Waals surface area contributed by atoms with E-state index in [1.54, 1.807) is 54.6 Å². The summed E-state index contributed by atoms with van der Waals surface area (Å²) >= 11 is 5.87. The van der Waals surface area contributed by atoms with Gasteiger partial charge in [0.15, 0.2) is 0 Å². The summed E-state index contributed by atoms with van der Waals surface area (Å²) in [6, 6.07) is 23.0. The highest BCUT2D eigenvalue weighted by Gasteiger charge is 2.38. The third kappa shape index (κ3) is 8.76. The number of carboxylic acids is 1. The van der Waals surface area contributed by atoms with E-state index in [0.29, 0.717) is 28.5 Å². The van der Waals surface area contributed by atoms with Gasteiger partial charge in [-0.15, -0.1) is 0 Å². The van der Waals surface area contributed by atoms with Crippen molar-refractivity contribution < 1.29 is 32.7 Å². The van der Waals surface area contributed by atoms with Gasteiger partial charge in [0.25, 0.3) is 5.91 Å². The number of rotatable bonds is 6. The molecule has 3 aromatic carbocycles. The summed E-state index contributed by atoms with van der Waals surface area (Å²) < 4.78 is 31.7. The Bertz CT molecular complexity index is 1160. The molecule has 3 aromatic rings. The van der Waals surface area contributed by atoms with Gasteiger partial charge >= 0.3 is 12.1 Å². The van der Waals surface area contributed by atoms with Gasteiger partial charge in [-0.05, 0) is 54.1 Å². The van der Waals surface area contributed by atoms with E-state index in [2.05, 4.69) is 5.32 Å². The molecule has 0 heterocycles. The van der Waals surface area contributed by atoms with E-state index < -0.39 is 12.1 Å². The molecular weight excluding hydrogens is 487 g/mol. The Morgan fingerprint density at radius 1 is 0.943 bits per heavy atom. The second kappa shape index (κ2) is 12.5. The monoisotopic (exact) mass is 507 g/mol. The molecule has 0 aromatic heterocycles. The molecule has 0 aliphatic carbocycles. The van der Waals surface area contributed by atoms with Gasteiger partial charge in [0.05, 0.1) is 0 Å². The van der Waals surface area contributed by atoms with Crippen LogP contribution in [0.5, 0.6) is 0 Å². The number of anilines is 2. The lowest BCUT2D eigenvalue weighted by molar-refractivity contribution is -0.192. The van der Waals surface area contributed by atoms with Gasteiger partial charge in [-0.25, -0.2) is 4.79 Å². The molecule has 0 aliphatic heterocycles. The first-order valence-corrected chi connectivity index (χ1v) is 10.4. The fraction of sp³-hybridized carbons (Fsp3) is 0.125. The third-order valence-electron chi connectivity index (χ3n) is 4.39. The SMILES string of the molecule is NCc1cccc(C(=O)N(CC(=O)Nc2ccc(Cl)cc2)c2ccccc2)c1.O=C(O)C(F)(F)F. The lowest BCUT2D eigenvalue weighted by atomic mass is 10.1. The van der Waals surface area contributed by atoms with Crippen LogP contribution < -0.4 is 16.0 Å². The number of para-hydroxylation sites is 1.